The molecule has 1 aromatic carbocycles. The molecule has 0 fully saturated rings. The van der Waals surface area contributed by atoms with Crippen molar-refractivity contribution in [1.29, 1.82) is 0 Å². The van der Waals surface area contributed by atoms with Gasteiger partial charge in [0.15, 0.2) is 0 Å². The highest BCUT2D eigenvalue weighted by Crippen LogP contribution is 2.16. The van der Waals surface area contributed by atoms with Gasteiger partial charge in [0.05, 0.1) is 4.90 Å². The minimum atomic E-state index is -3.82. The maximum absolute atomic E-state index is 12.1. The molecule has 1 amide bonds. The molecular formula is C15H17N3O3S. The Kier molecular flexibility index (Phi) is 4.89. The molecular weight excluding hydrogens is 302 g/mol. The van der Waals surface area contributed by atoms with Gasteiger partial charge in [-0.3, -0.25) is 15.2 Å². The van der Waals surface area contributed by atoms with Crippen molar-refractivity contribution in [3.63, 3.8) is 0 Å². The first-order chi connectivity index (χ1) is 10.4. The Bertz CT molecular complexity index is 741. The third-order valence-corrected chi connectivity index (χ3v) is 4.32. The summed E-state index contributed by atoms with van der Waals surface area (Å²) in [7, 11) is -3.82. The molecule has 0 radical (unpaired) electrons. The van der Waals surface area contributed by atoms with Crippen molar-refractivity contribution in [2.24, 2.45) is 0 Å². The van der Waals surface area contributed by atoms with Crippen molar-refractivity contribution in [3.8, 4) is 0 Å². The number of nitrogens with one attached hydrogen (secondary N) is 2. The van der Waals surface area contributed by atoms with E-state index >= 15 is 0 Å². The van der Waals surface area contributed by atoms with Crippen LogP contribution in [0.3, 0.4) is 0 Å². The van der Waals surface area contributed by atoms with E-state index in [-0.39, 0.29) is 10.6 Å². The van der Waals surface area contributed by atoms with Gasteiger partial charge in [-0.25, -0.2) is 8.42 Å². The molecule has 22 heavy (non-hydrogen) atoms. The van der Waals surface area contributed by atoms with Crippen molar-refractivity contribution in [2.45, 2.75) is 24.7 Å². The largest absolute Gasteiger partial charge is 0.284 e. The third kappa shape index (κ3) is 3.90. The Labute approximate surface area is 129 Å². The number of hydrogen-bond acceptors (Lipinski definition) is 4. The van der Waals surface area contributed by atoms with Crippen LogP contribution in [0.1, 0.15) is 35.8 Å². The van der Waals surface area contributed by atoms with E-state index in [1.165, 1.54) is 24.4 Å². The van der Waals surface area contributed by atoms with Gasteiger partial charge < -0.3 is 0 Å². The first-order valence-electron chi connectivity index (χ1n) is 6.73. The molecule has 0 saturated heterocycles. The van der Waals surface area contributed by atoms with E-state index in [1.54, 1.807) is 24.3 Å². The molecule has 0 atom stereocenters. The van der Waals surface area contributed by atoms with Crippen LogP contribution in [0.5, 0.6) is 0 Å². The van der Waals surface area contributed by atoms with Gasteiger partial charge in [0.1, 0.15) is 5.69 Å². The summed E-state index contributed by atoms with van der Waals surface area (Å²) < 4.78 is 24.2. The number of hydrazine groups is 1. The predicted octanol–water partition coefficient (Wildman–Crippen LogP) is 1.83. The van der Waals surface area contributed by atoms with Crippen molar-refractivity contribution in [2.75, 3.05) is 0 Å². The Balaban J connectivity index is 2.06. The van der Waals surface area contributed by atoms with Crippen molar-refractivity contribution in [1.82, 2.24) is 15.2 Å². The molecule has 2 N–H and O–H groups in total. The lowest BCUT2D eigenvalue weighted by atomic mass is 10.0. The zero-order valence-corrected chi connectivity index (χ0v) is 13.1. The summed E-state index contributed by atoms with van der Waals surface area (Å²) in [4.78, 5) is 17.7. The normalized spacial score (nSPS) is 11.4. The van der Waals surface area contributed by atoms with Gasteiger partial charge in [-0.1, -0.05) is 32.0 Å². The number of rotatable bonds is 5. The topological polar surface area (TPSA) is 88.2 Å². The van der Waals surface area contributed by atoms with Crippen molar-refractivity contribution >= 4 is 15.9 Å². The minimum Gasteiger partial charge on any atom is -0.272 e. The zero-order valence-electron chi connectivity index (χ0n) is 12.3. The second-order valence-corrected chi connectivity index (χ2v) is 6.68. The van der Waals surface area contributed by atoms with Crippen LogP contribution in [0.4, 0.5) is 0 Å². The lowest BCUT2D eigenvalue weighted by Crippen LogP contribution is -2.41. The fourth-order valence-corrected chi connectivity index (χ4v) is 2.60. The van der Waals surface area contributed by atoms with E-state index in [9.17, 15) is 13.2 Å². The second kappa shape index (κ2) is 6.67. The number of nitrogens with zero attached hydrogens (tertiary/aromatic N) is 1. The summed E-state index contributed by atoms with van der Waals surface area (Å²) in [5.41, 5.74) is 3.30. The smallest absolute Gasteiger partial charge is 0.272 e. The SMILES string of the molecule is CC(C)c1ccc(S(=O)(=O)NNC(=O)c2ccccn2)cc1. The van der Waals surface area contributed by atoms with Crippen LogP contribution in [0.25, 0.3) is 0 Å². The molecule has 7 heteroatoms. The Morgan fingerprint density at radius 1 is 1.09 bits per heavy atom. The van der Waals surface area contributed by atoms with Crippen LogP contribution in [0.15, 0.2) is 53.6 Å². The molecule has 0 unspecified atom stereocenters. The molecule has 0 aliphatic rings. The molecule has 1 heterocycles. The molecule has 0 saturated carbocycles. The van der Waals surface area contributed by atoms with Gasteiger partial charge >= 0.3 is 0 Å². The third-order valence-electron chi connectivity index (χ3n) is 3.05. The molecule has 1 aromatic heterocycles. The summed E-state index contributed by atoms with van der Waals surface area (Å²) in [6.07, 6.45) is 1.45. The molecule has 0 bridgehead atoms. The highest BCUT2D eigenvalue weighted by Gasteiger charge is 2.16. The summed E-state index contributed by atoms with van der Waals surface area (Å²) in [6, 6.07) is 11.3. The summed E-state index contributed by atoms with van der Waals surface area (Å²) in [5, 5.41) is 0. The number of amides is 1. The van der Waals surface area contributed by atoms with E-state index in [4.69, 9.17) is 0 Å². The van der Waals surface area contributed by atoms with Crippen LogP contribution in [-0.2, 0) is 10.0 Å². The van der Waals surface area contributed by atoms with E-state index in [2.05, 4.69) is 15.2 Å². The maximum Gasteiger partial charge on any atom is 0.284 e. The average molecular weight is 319 g/mol. The van der Waals surface area contributed by atoms with Crippen LogP contribution >= 0.6 is 0 Å². The molecule has 0 aliphatic heterocycles. The van der Waals surface area contributed by atoms with Crippen LogP contribution in [-0.4, -0.2) is 19.3 Å². The Hall–Kier alpha value is -2.25. The number of sulfonamides is 1. The van der Waals surface area contributed by atoms with E-state index in [1.807, 2.05) is 13.8 Å². The van der Waals surface area contributed by atoms with Gasteiger partial charge in [0.25, 0.3) is 15.9 Å². The lowest BCUT2D eigenvalue weighted by molar-refractivity contribution is 0.0940. The highest BCUT2D eigenvalue weighted by atomic mass is 32.2. The van der Waals surface area contributed by atoms with Crippen molar-refractivity contribution < 1.29 is 13.2 Å². The van der Waals surface area contributed by atoms with Crippen molar-refractivity contribution in [3.05, 3.63) is 59.9 Å². The Morgan fingerprint density at radius 2 is 1.77 bits per heavy atom. The monoisotopic (exact) mass is 319 g/mol. The predicted molar refractivity (Wildman–Crippen MR) is 82.6 cm³/mol. The first-order valence-corrected chi connectivity index (χ1v) is 8.21. The number of pyridine rings is 1. The van der Waals surface area contributed by atoms with E-state index < -0.39 is 15.9 Å². The molecule has 0 spiro atoms. The van der Waals surface area contributed by atoms with Crippen LogP contribution in [0.2, 0.25) is 0 Å². The molecule has 0 aliphatic carbocycles. The fraction of sp³-hybridized carbons (Fsp3) is 0.200. The minimum absolute atomic E-state index is 0.0817. The molecule has 6 nitrogen and oxygen atoms in total. The number of hydrogen-bond donors (Lipinski definition) is 2. The van der Waals surface area contributed by atoms with E-state index in [0.717, 1.165) is 5.56 Å². The van der Waals surface area contributed by atoms with Gasteiger partial charge in [0.2, 0.25) is 0 Å². The number of benzene rings is 1. The number of aromatic nitrogens is 1. The standard InChI is InChI=1S/C15H17N3O3S/c1-11(2)12-6-8-13(9-7-12)22(20,21)18-17-15(19)14-5-3-4-10-16-14/h3-11,18H,1-2H3,(H,17,19). The Morgan fingerprint density at radius 3 is 2.32 bits per heavy atom. The molecule has 2 aromatic rings. The van der Waals surface area contributed by atoms with Gasteiger partial charge in [-0.15, -0.1) is 4.83 Å². The fourth-order valence-electron chi connectivity index (χ4n) is 1.77. The van der Waals surface area contributed by atoms with E-state index in [0.29, 0.717) is 5.92 Å². The quantitative estimate of drug-likeness (QED) is 0.823. The van der Waals surface area contributed by atoms with Crippen LogP contribution < -0.4 is 10.3 Å². The van der Waals surface area contributed by atoms with Gasteiger partial charge in [0, 0.05) is 6.20 Å². The van der Waals surface area contributed by atoms with Crippen LogP contribution in [0, 0.1) is 0 Å². The maximum atomic E-state index is 12.1. The average Bonchev–Trinajstić information content (AvgIpc) is 2.53. The zero-order chi connectivity index (χ0) is 16.2. The second-order valence-electron chi connectivity index (χ2n) is 5.00. The molecule has 2 rings (SSSR count). The van der Waals surface area contributed by atoms with Gasteiger partial charge in [-0.05, 0) is 35.7 Å². The summed E-state index contributed by atoms with van der Waals surface area (Å²) in [5.74, 6) is -0.309. The molecule has 116 valence electrons. The van der Waals surface area contributed by atoms with Gasteiger partial charge in [-0.2, -0.15) is 0 Å². The number of carbonyl (C=O) groups excluding carboxylic acids is 1. The lowest BCUT2D eigenvalue weighted by Gasteiger charge is -2.10. The highest BCUT2D eigenvalue weighted by molar-refractivity contribution is 7.89. The summed E-state index contributed by atoms with van der Waals surface area (Å²) in [6.45, 7) is 4.05. The summed E-state index contributed by atoms with van der Waals surface area (Å²) >= 11 is 0. The first kappa shape index (κ1) is 16.1. The number of carbonyl (C=O) groups is 1.